The zero-order valence-corrected chi connectivity index (χ0v) is 17.1. The molecule has 7 heteroatoms. The van der Waals surface area contributed by atoms with Crippen molar-refractivity contribution in [3.63, 3.8) is 0 Å². The van der Waals surface area contributed by atoms with Crippen LogP contribution < -0.4 is 0 Å². The molecule has 2 unspecified atom stereocenters. The van der Waals surface area contributed by atoms with Crippen LogP contribution in [0.3, 0.4) is 0 Å². The Labute approximate surface area is 161 Å². The second-order valence-electron chi connectivity index (χ2n) is 9.18. The molecule has 2 aliphatic carbocycles. The van der Waals surface area contributed by atoms with Crippen molar-refractivity contribution in [3.05, 3.63) is 23.8 Å². The molecule has 152 valence electrons. The van der Waals surface area contributed by atoms with E-state index in [1.54, 1.807) is 0 Å². The van der Waals surface area contributed by atoms with Crippen molar-refractivity contribution in [1.82, 2.24) is 0 Å². The predicted octanol–water partition coefficient (Wildman–Crippen LogP) is 2.89. The highest BCUT2D eigenvalue weighted by molar-refractivity contribution is 7.86. The van der Waals surface area contributed by atoms with E-state index < -0.39 is 27.4 Å². The van der Waals surface area contributed by atoms with Crippen molar-refractivity contribution in [2.75, 3.05) is 6.61 Å². The topological polar surface area (TPSA) is 101 Å². The largest absolute Gasteiger partial charge is 0.458 e. The Morgan fingerprint density at radius 2 is 2.00 bits per heavy atom. The van der Waals surface area contributed by atoms with Gasteiger partial charge in [0.1, 0.15) is 11.9 Å². The molecule has 0 aromatic heterocycles. The Balaban J connectivity index is 1.98. The first-order valence-corrected chi connectivity index (χ1v) is 11.1. The molecule has 2 N–H and O–H groups in total. The molecule has 6 nitrogen and oxygen atoms in total. The van der Waals surface area contributed by atoms with Crippen molar-refractivity contribution in [2.45, 2.75) is 64.2 Å². The molecule has 0 aromatic rings. The number of rotatable bonds is 4. The monoisotopic (exact) mass is 398 g/mol. The quantitative estimate of drug-likeness (QED) is 0.429. The fourth-order valence-electron chi connectivity index (χ4n) is 5.86. The van der Waals surface area contributed by atoms with Gasteiger partial charge >= 0.3 is 5.97 Å². The minimum Gasteiger partial charge on any atom is -0.458 e. The Bertz CT molecular complexity index is 780. The molecule has 0 radical (unpaired) electrons. The molecule has 3 aliphatic rings. The van der Waals surface area contributed by atoms with Gasteiger partial charge in [0.2, 0.25) is 0 Å². The SMILES string of the molecule is C=C1CCC2C(C)(C)[C@H](O)CC[C@@]2(C)C1C[C@H](C1=CCOC1=O)S(=O)(=O)O. The number of hydrogen-bond donors (Lipinski definition) is 2. The first-order chi connectivity index (χ1) is 12.4. The van der Waals surface area contributed by atoms with E-state index in [0.29, 0.717) is 6.42 Å². The number of aliphatic hydroxyl groups is 1. The van der Waals surface area contributed by atoms with Gasteiger partial charge in [-0.15, -0.1) is 0 Å². The third kappa shape index (κ3) is 3.38. The summed E-state index contributed by atoms with van der Waals surface area (Å²) >= 11 is 0. The van der Waals surface area contributed by atoms with Crippen LogP contribution >= 0.6 is 0 Å². The molecule has 5 atom stereocenters. The first kappa shape index (κ1) is 20.6. The van der Waals surface area contributed by atoms with Crippen molar-refractivity contribution in [2.24, 2.45) is 22.7 Å². The number of cyclic esters (lactones) is 1. The molecule has 0 amide bonds. The highest BCUT2D eigenvalue weighted by Crippen LogP contribution is 2.62. The molecule has 27 heavy (non-hydrogen) atoms. The van der Waals surface area contributed by atoms with Gasteiger partial charge in [-0.05, 0) is 60.8 Å². The summed E-state index contributed by atoms with van der Waals surface area (Å²) in [4.78, 5) is 12.0. The van der Waals surface area contributed by atoms with E-state index in [0.717, 1.165) is 24.8 Å². The molecule has 3 rings (SSSR count). The molecule has 2 fully saturated rings. The number of allylic oxidation sites excluding steroid dienone is 1. The van der Waals surface area contributed by atoms with Crippen LogP contribution in [0.1, 0.15) is 52.9 Å². The van der Waals surface area contributed by atoms with Crippen molar-refractivity contribution < 1.29 is 27.6 Å². The van der Waals surface area contributed by atoms with E-state index in [-0.39, 0.29) is 41.3 Å². The predicted molar refractivity (Wildman–Crippen MR) is 101 cm³/mol. The number of hydrogen-bond acceptors (Lipinski definition) is 5. The Kier molecular flexibility index (Phi) is 5.11. The number of fused-ring (bicyclic) bond motifs is 1. The Morgan fingerprint density at radius 1 is 1.33 bits per heavy atom. The molecule has 2 saturated carbocycles. The zero-order chi connectivity index (χ0) is 20.2. The number of esters is 1. The lowest BCUT2D eigenvalue weighted by atomic mass is 9.46. The third-order valence-electron chi connectivity index (χ3n) is 7.46. The van der Waals surface area contributed by atoms with Crippen LogP contribution in [-0.4, -0.2) is 42.0 Å². The van der Waals surface area contributed by atoms with Crippen LogP contribution in [0.2, 0.25) is 0 Å². The van der Waals surface area contributed by atoms with E-state index in [2.05, 4.69) is 27.4 Å². The van der Waals surface area contributed by atoms with Crippen molar-refractivity contribution in [1.29, 1.82) is 0 Å². The maximum Gasteiger partial charge on any atom is 0.335 e. The first-order valence-electron chi connectivity index (χ1n) is 9.58. The van der Waals surface area contributed by atoms with Crippen LogP contribution in [0.15, 0.2) is 23.8 Å². The Morgan fingerprint density at radius 3 is 2.56 bits per heavy atom. The van der Waals surface area contributed by atoms with Crippen LogP contribution in [0.25, 0.3) is 0 Å². The average molecular weight is 399 g/mol. The lowest BCUT2D eigenvalue weighted by Gasteiger charge is -2.59. The van der Waals surface area contributed by atoms with E-state index in [4.69, 9.17) is 4.74 Å². The summed E-state index contributed by atoms with van der Waals surface area (Å²) in [7, 11) is -4.47. The van der Waals surface area contributed by atoms with Gasteiger partial charge in [0, 0.05) is 0 Å². The highest BCUT2D eigenvalue weighted by atomic mass is 32.2. The number of carbonyl (C=O) groups excluding carboxylic acids is 1. The molecule has 0 spiro atoms. The number of ether oxygens (including phenoxy) is 1. The Hall–Kier alpha value is -1.18. The van der Waals surface area contributed by atoms with Crippen LogP contribution in [-0.2, 0) is 19.6 Å². The maximum absolute atomic E-state index is 12.1. The number of carbonyl (C=O) groups is 1. The summed E-state index contributed by atoms with van der Waals surface area (Å²) in [5.74, 6) is -0.639. The van der Waals surface area contributed by atoms with E-state index in [1.807, 2.05) is 0 Å². The summed E-state index contributed by atoms with van der Waals surface area (Å²) in [5, 5.41) is 9.23. The highest BCUT2D eigenvalue weighted by Gasteiger charge is 2.57. The molecule has 0 bridgehead atoms. The molecule has 0 aromatic carbocycles. The smallest absolute Gasteiger partial charge is 0.335 e. The fraction of sp³-hybridized carbons (Fsp3) is 0.750. The minimum atomic E-state index is -4.47. The van der Waals surface area contributed by atoms with Gasteiger partial charge < -0.3 is 9.84 Å². The summed E-state index contributed by atoms with van der Waals surface area (Å²) in [6, 6.07) is 0. The normalized spacial score (nSPS) is 37.4. The van der Waals surface area contributed by atoms with Gasteiger partial charge in [0.25, 0.3) is 10.1 Å². The van der Waals surface area contributed by atoms with Gasteiger partial charge in [-0.2, -0.15) is 8.42 Å². The van der Waals surface area contributed by atoms with Gasteiger partial charge in [-0.1, -0.05) is 32.9 Å². The molecule has 1 heterocycles. The van der Waals surface area contributed by atoms with E-state index in [9.17, 15) is 22.9 Å². The van der Waals surface area contributed by atoms with E-state index >= 15 is 0 Å². The molecule has 1 aliphatic heterocycles. The van der Waals surface area contributed by atoms with Crippen LogP contribution in [0, 0.1) is 22.7 Å². The van der Waals surface area contributed by atoms with Crippen molar-refractivity contribution >= 4 is 16.1 Å². The van der Waals surface area contributed by atoms with Gasteiger partial charge in [0.15, 0.2) is 0 Å². The second-order valence-corrected chi connectivity index (χ2v) is 10.8. The van der Waals surface area contributed by atoms with E-state index in [1.165, 1.54) is 6.08 Å². The third-order valence-corrected chi connectivity index (χ3v) is 8.63. The van der Waals surface area contributed by atoms with Crippen LogP contribution in [0.5, 0.6) is 0 Å². The number of aliphatic hydroxyl groups excluding tert-OH is 1. The molecular weight excluding hydrogens is 368 g/mol. The van der Waals surface area contributed by atoms with Gasteiger partial charge in [-0.25, -0.2) is 4.79 Å². The summed E-state index contributed by atoms with van der Waals surface area (Å²) < 4.78 is 39.0. The lowest BCUT2D eigenvalue weighted by Crippen LogP contribution is -2.55. The zero-order valence-electron chi connectivity index (χ0n) is 16.3. The molecular formula is C20H30O6S. The summed E-state index contributed by atoms with van der Waals surface area (Å²) in [6.07, 6.45) is 4.21. The lowest BCUT2D eigenvalue weighted by molar-refractivity contribution is -0.136. The standard InChI is InChI=1S/C20H30O6S/c1-12-5-6-16-19(2,3)17(21)7-9-20(16,4)14(12)11-15(27(23,24)25)13-8-10-26-18(13)22/h8,14-17,21H,1,5-7,9-11H2,2-4H3,(H,23,24,25)/t14?,15-,16?,17-,20+/m1/s1. The summed E-state index contributed by atoms with van der Waals surface area (Å²) in [5.41, 5.74) is 0.447. The van der Waals surface area contributed by atoms with Gasteiger partial charge in [-0.3, -0.25) is 4.55 Å². The van der Waals surface area contributed by atoms with Crippen LogP contribution in [0.4, 0.5) is 0 Å². The maximum atomic E-state index is 12.1. The summed E-state index contributed by atoms with van der Waals surface area (Å²) in [6.45, 7) is 10.5. The van der Waals surface area contributed by atoms with Gasteiger partial charge in [0.05, 0.1) is 11.7 Å². The fourth-order valence-corrected chi connectivity index (χ4v) is 6.81. The minimum absolute atomic E-state index is 0.0196. The molecule has 0 saturated heterocycles. The average Bonchev–Trinajstić information content (AvgIpc) is 2.95. The van der Waals surface area contributed by atoms with Crippen molar-refractivity contribution in [3.8, 4) is 0 Å². The second kappa shape index (κ2) is 6.71.